The molecule has 0 spiro atoms. The van der Waals surface area contributed by atoms with Crippen molar-refractivity contribution in [2.24, 2.45) is 0 Å². The summed E-state index contributed by atoms with van der Waals surface area (Å²) in [7, 11) is 0. The number of rotatable bonds is 2. The molecule has 19 heavy (non-hydrogen) atoms. The van der Waals surface area contributed by atoms with Gasteiger partial charge < -0.3 is 5.73 Å². The lowest BCUT2D eigenvalue weighted by Crippen LogP contribution is -2.01. The Bertz CT molecular complexity index is 728. The fraction of sp³-hybridized carbons (Fsp3) is 0.200. The molecule has 0 atom stereocenters. The first-order valence-corrected chi connectivity index (χ1v) is 6.35. The maximum Gasteiger partial charge on any atom is 0.205 e. The molecule has 0 saturated heterocycles. The SMILES string of the molecule is CC(C)c1cccc(-n2c(N)nc3cnccc32)c1. The van der Waals surface area contributed by atoms with Crippen LogP contribution in [-0.4, -0.2) is 14.5 Å². The average Bonchev–Trinajstić information content (AvgIpc) is 2.74. The summed E-state index contributed by atoms with van der Waals surface area (Å²) in [6.45, 7) is 4.36. The molecule has 4 heteroatoms. The number of fused-ring (bicyclic) bond motifs is 1. The zero-order chi connectivity index (χ0) is 13.4. The molecule has 2 N–H and O–H groups in total. The molecule has 0 bridgehead atoms. The Kier molecular flexibility index (Phi) is 2.71. The summed E-state index contributed by atoms with van der Waals surface area (Å²) < 4.78 is 1.96. The molecule has 3 aromatic rings. The summed E-state index contributed by atoms with van der Waals surface area (Å²) in [6.07, 6.45) is 3.49. The predicted molar refractivity (Wildman–Crippen MR) is 77.4 cm³/mol. The Morgan fingerprint density at radius 1 is 1.21 bits per heavy atom. The third-order valence-electron chi connectivity index (χ3n) is 3.28. The van der Waals surface area contributed by atoms with Crippen LogP contribution in [0.1, 0.15) is 25.3 Å². The number of imidazole rings is 1. The van der Waals surface area contributed by atoms with Crippen molar-refractivity contribution in [3.8, 4) is 5.69 Å². The minimum absolute atomic E-state index is 0.484. The van der Waals surface area contributed by atoms with Gasteiger partial charge in [0.2, 0.25) is 5.95 Å². The molecule has 0 amide bonds. The molecule has 0 aliphatic carbocycles. The number of anilines is 1. The topological polar surface area (TPSA) is 56.7 Å². The number of nitrogen functional groups attached to an aromatic ring is 1. The van der Waals surface area contributed by atoms with E-state index >= 15 is 0 Å². The largest absolute Gasteiger partial charge is 0.369 e. The van der Waals surface area contributed by atoms with Crippen molar-refractivity contribution in [2.45, 2.75) is 19.8 Å². The molecule has 0 aliphatic rings. The second-order valence-electron chi connectivity index (χ2n) is 4.92. The van der Waals surface area contributed by atoms with Gasteiger partial charge in [-0.15, -0.1) is 0 Å². The van der Waals surface area contributed by atoms with Crippen molar-refractivity contribution < 1.29 is 0 Å². The van der Waals surface area contributed by atoms with Gasteiger partial charge in [-0.1, -0.05) is 26.0 Å². The number of hydrogen-bond donors (Lipinski definition) is 1. The van der Waals surface area contributed by atoms with Gasteiger partial charge >= 0.3 is 0 Å². The quantitative estimate of drug-likeness (QED) is 0.762. The van der Waals surface area contributed by atoms with Gasteiger partial charge in [0, 0.05) is 11.9 Å². The molecule has 0 radical (unpaired) electrons. The predicted octanol–water partition coefficient (Wildman–Crippen LogP) is 3.13. The zero-order valence-electron chi connectivity index (χ0n) is 11.0. The second kappa shape index (κ2) is 4.39. The molecule has 4 nitrogen and oxygen atoms in total. The molecule has 3 rings (SSSR count). The van der Waals surface area contributed by atoms with Crippen LogP contribution in [0.5, 0.6) is 0 Å². The molecule has 0 unspecified atom stereocenters. The van der Waals surface area contributed by atoms with E-state index in [4.69, 9.17) is 5.73 Å². The highest BCUT2D eigenvalue weighted by molar-refractivity contribution is 5.79. The first-order valence-electron chi connectivity index (χ1n) is 6.35. The summed E-state index contributed by atoms with van der Waals surface area (Å²) in [4.78, 5) is 8.42. The number of benzene rings is 1. The molecular formula is C15H16N4. The lowest BCUT2D eigenvalue weighted by molar-refractivity contribution is 0.864. The van der Waals surface area contributed by atoms with Crippen LogP contribution < -0.4 is 5.73 Å². The molecule has 96 valence electrons. The van der Waals surface area contributed by atoms with Gasteiger partial charge in [0.05, 0.1) is 11.7 Å². The van der Waals surface area contributed by atoms with E-state index in [-0.39, 0.29) is 0 Å². The molecule has 2 aromatic heterocycles. The summed E-state index contributed by atoms with van der Waals surface area (Å²) in [5, 5.41) is 0. The van der Waals surface area contributed by atoms with Crippen LogP contribution in [0, 0.1) is 0 Å². The minimum atomic E-state index is 0.484. The van der Waals surface area contributed by atoms with E-state index in [1.54, 1.807) is 12.4 Å². The normalized spacial score (nSPS) is 11.3. The molecule has 0 saturated carbocycles. The van der Waals surface area contributed by atoms with E-state index in [2.05, 4.69) is 42.0 Å². The first kappa shape index (κ1) is 11.7. The standard InChI is InChI=1S/C15H16N4/c1-10(2)11-4-3-5-12(8-11)19-14-6-7-17-9-13(14)18-15(19)16/h3-10H,1-2H3,(H2,16,18). The van der Waals surface area contributed by atoms with E-state index < -0.39 is 0 Å². The van der Waals surface area contributed by atoms with Crippen LogP contribution in [0.4, 0.5) is 5.95 Å². The summed E-state index contributed by atoms with van der Waals surface area (Å²) >= 11 is 0. The fourth-order valence-corrected chi connectivity index (χ4v) is 2.25. The summed E-state index contributed by atoms with van der Waals surface area (Å²) in [5.74, 6) is 0.974. The van der Waals surface area contributed by atoms with Crippen LogP contribution in [0.25, 0.3) is 16.7 Å². The van der Waals surface area contributed by atoms with Gasteiger partial charge in [0.1, 0.15) is 5.52 Å². The number of hydrogen-bond acceptors (Lipinski definition) is 3. The second-order valence-corrected chi connectivity index (χ2v) is 4.92. The summed E-state index contributed by atoms with van der Waals surface area (Å²) in [5.41, 5.74) is 10.2. The number of nitrogens with zero attached hydrogens (tertiary/aromatic N) is 3. The van der Waals surface area contributed by atoms with Crippen LogP contribution in [0.2, 0.25) is 0 Å². The van der Waals surface area contributed by atoms with Gasteiger partial charge in [0.25, 0.3) is 0 Å². The Morgan fingerprint density at radius 3 is 2.84 bits per heavy atom. The fourth-order valence-electron chi connectivity index (χ4n) is 2.25. The van der Waals surface area contributed by atoms with Crippen molar-refractivity contribution in [2.75, 3.05) is 5.73 Å². The zero-order valence-corrected chi connectivity index (χ0v) is 11.0. The lowest BCUT2D eigenvalue weighted by atomic mass is 10.0. The highest BCUT2D eigenvalue weighted by Gasteiger charge is 2.10. The molecule has 0 aliphatic heterocycles. The van der Waals surface area contributed by atoms with Gasteiger partial charge in [-0.3, -0.25) is 9.55 Å². The van der Waals surface area contributed by atoms with Gasteiger partial charge in [-0.05, 0) is 29.7 Å². The first-order chi connectivity index (χ1) is 9.16. The smallest absolute Gasteiger partial charge is 0.205 e. The van der Waals surface area contributed by atoms with E-state index in [1.807, 2.05) is 16.7 Å². The number of aromatic nitrogens is 3. The Hall–Kier alpha value is -2.36. The van der Waals surface area contributed by atoms with Crippen molar-refractivity contribution in [3.63, 3.8) is 0 Å². The van der Waals surface area contributed by atoms with Gasteiger partial charge in [-0.25, -0.2) is 4.98 Å². The Morgan fingerprint density at radius 2 is 2.05 bits per heavy atom. The Labute approximate surface area is 111 Å². The minimum Gasteiger partial charge on any atom is -0.369 e. The van der Waals surface area contributed by atoms with Crippen LogP contribution in [0.15, 0.2) is 42.7 Å². The third-order valence-corrected chi connectivity index (χ3v) is 3.28. The highest BCUT2D eigenvalue weighted by atomic mass is 15.2. The van der Waals surface area contributed by atoms with Gasteiger partial charge in [0.15, 0.2) is 0 Å². The summed E-state index contributed by atoms with van der Waals surface area (Å²) in [6, 6.07) is 10.3. The van der Waals surface area contributed by atoms with Crippen molar-refractivity contribution in [1.29, 1.82) is 0 Å². The molecule has 1 aromatic carbocycles. The van der Waals surface area contributed by atoms with Crippen molar-refractivity contribution in [1.82, 2.24) is 14.5 Å². The Balaban J connectivity index is 2.24. The third kappa shape index (κ3) is 1.95. The lowest BCUT2D eigenvalue weighted by Gasteiger charge is -2.10. The average molecular weight is 252 g/mol. The molecule has 2 heterocycles. The monoisotopic (exact) mass is 252 g/mol. The highest BCUT2D eigenvalue weighted by Crippen LogP contribution is 2.24. The maximum absolute atomic E-state index is 6.04. The van der Waals surface area contributed by atoms with E-state index in [9.17, 15) is 0 Å². The number of nitrogens with two attached hydrogens (primary N) is 1. The molecule has 0 fully saturated rings. The molecular weight excluding hydrogens is 236 g/mol. The van der Waals surface area contributed by atoms with Gasteiger partial charge in [-0.2, -0.15) is 0 Å². The van der Waals surface area contributed by atoms with E-state index in [1.165, 1.54) is 5.56 Å². The van der Waals surface area contributed by atoms with Crippen molar-refractivity contribution in [3.05, 3.63) is 48.3 Å². The van der Waals surface area contributed by atoms with E-state index in [0.29, 0.717) is 11.9 Å². The van der Waals surface area contributed by atoms with Crippen LogP contribution in [0.3, 0.4) is 0 Å². The number of pyridine rings is 1. The van der Waals surface area contributed by atoms with E-state index in [0.717, 1.165) is 16.7 Å². The van der Waals surface area contributed by atoms with Crippen LogP contribution >= 0.6 is 0 Å². The van der Waals surface area contributed by atoms with Crippen molar-refractivity contribution >= 4 is 17.0 Å². The maximum atomic E-state index is 6.04. The van der Waals surface area contributed by atoms with Crippen LogP contribution in [-0.2, 0) is 0 Å².